The van der Waals surface area contributed by atoms with Gasteiger partial charge in [-0.25, -0.2) is 9.97 Å². The number of nitriles is 2. The number of primary amides is 1. The molecule has 0 aliphatic heterocycles. The van der Waals surface area contributed by atoms with Crippen LogP contribution in [0.2, 0.25) is 0 Å². The monoisotopic (exact) mass is 267 g/mol. The van der Waals surface area contributed by atoms with Gasteiger partial charge in [0.1, 0.15) is 12.1 Å². The molecule has 1 fully saturated rings. The molecule has 6 nitrogen and oxygen atoms in total. The Morgan fingerprint density at radius 3 is 2.45 bits per heavy atom. The first-order valence-corrected chi connectivity index (χ1v) is 6.42. The third kappa shape index (κ3) is 1.10. The fourth-order valence-corrected chi connectivity index (χ4v) is 3.96. The van der Waals surface area contributed by atoms with Crippen LogP contribution in [0.1, 0.15) is 55.4 Å². The Bertz CT molecular complexity index is 724. The Kier molecular flexibility index (Phi) is 2.23. The fraction of sp³-hybridized carbons (Fsp3) is 0.500. The zero-order chi connectivity index (χ0) is 14.7. The van der Waals surface area contributed by atoms with Crippen molar-refractivity contribution in [1.29, 1.82) is 10.5 Å². The largest absolute Gasteiger partial charge is 0.369 e. The molecular formula is C14H13N5O. The van der Waals surface area contributed by atoms with E-state index in [1.807, 2.05) is 26.0 Å². The van der Waals surface area contributed by atoms with Crippen LogP contribution < -0.4 is 5.73 Å². The van der Waals surface area contributed by atoms with Crippen LogP contribution in [0.3, 0.4) is 0 Å². The van der Waals surface area contributed by atoms with Crippen molar-refractivity contribution < 1.29 is 4.79 Å². The minimum absolute atomic E-state index is 0.0224. The van der Waals surface area contributed by atoms with Gasteiger partial charge in [0.15, 0.2) is 11.4 Å². The topological polar surface area (TPSA) is 116 Å². The highest BCUT2D eigenvalue weighted by atomic mass is 16.1. The van der Waals surface area contributed by atoms with E-state index < -0.39 is 11.3 Å². The molecule has 2 aliphatic rings. The van der Waals surface area contributed by atoms with Crippen LogP contribution in [0.4, 0.5) is 0 Å². The second kappa shape index (κ2) is 3.55. The zero-order valence-corrected chi connectivity index (χ0v) is 11.3. The first-order valence-electron chi connectivity index (χ1n) is 6.42. The lowest BCUT2D eigenvalue weighted by Gasteiger charge is -2.34. The predicted molar refractivity (Wildman–Crippen MR) is 68.1 cm³/mol. The van der Waals surface area contributed by atoms with Gasteiger partial charge in [-0.05, 0) is 18.3 Å². The van der Waals surface area contributed by atoms with Crippen molar-refractivity contribution in [2.45, 2.75) is 38.0 Å². The molecule has 2 unspecified atom stereocenters. The van der Waals surface area contributed by atoms with Crippen LogP contribution in [-0.4, -0.2) is 15.9 Å². The molecule has 6 heteroatoms. The average molecular weight is 267 g/mol. The minimum atomic E-state index is -0.875. The lowest BCUT2D eigenvalue weighted by Crippen LogP contribution is -2.47. The van der Waals surface area contributed by atoms with Gasteiger partial charge in [-0.2, -0.15) is 10.5 Å². The molecular weight excluding hydrogens is 254 g/mol. The molecule has 1 heterocycles. The van der Waals surface area contributed by atoms with Crippen molar-refractivity contribution in [3.63, 3.8) is 0 Å². The van der Waals surface area contributed by atoms with Crippen LogP contribution in [0, 0.1) is 28.1 Å². The number of fused-ring (bicyclic) bond motifs is 5. The smallest absolute Gasteiger partial charge is 0.230 e. The molecule has 1 aromatic rings. The molecule has 1 aromatic heterocycles. The Balaban J connectivity index is 2.37. The van der Waals surface area contributed by atoms with Gasteiger partial charge in [-0.3, -0.25) is 4.79 Å². The number of nitrogens with zero attached hydrogens (tertiary/aromatic N) is 4. The molecule has 2 bridgehead atoms. The highest BCUT2D eigenvalue weighted by Crippen LogP contribution is 2.66. The summed E-state index contributed by atoms with van der Waals surface area (Å²) in [7, 11) is 0. The van der Waals surface area contributed by atoms with Gasteiger partial charge in [0.2, 0.25) is 5.91 Å². The summed E-state index contributed by atoms with van der Waals surface area (Å²) in [5, 5.41) is 18.1. The number of nitrogens with two attached hydrogens (primary N) is 1. The Morgan fingerprint density at radius 2 is 1.90 bits per heavy atom. The van der Waals surface area contributed by atoms with Gasteiger partial charge < -0.3 is 5.73 Å². The second-order valence-corrected chi connectivity index (χ2v) is 5.96. The van der Waals surface area contributed by atoms with Crippen LogP contribution >= 0.6 is 0 Å². The molecule has 0 spiro atoms. The number of hydrogen-bond donors (Lipinski definition) is 1. The molecule has 2 aliphatic carbocycles. The van der Waals surface area contributed by atoms with Crippen molar-refractivity contribution >= 4 is 5.91 Å². The van der Waals surface area contributed by atoms with E-state index in [2.05, 4.69) is 9.97 Å². The van der Waals surface area contributed by atoms with E-state index >= 15 is 0 Å². The summed E-state index contributed by atoms with van der Waals surface area (Å²) >= 11 is 0. The molecule has 100 valence electrons. The summed E-state index contributed by atoms with van der Waals surface area (Å²) < 4.78 is 0. The third-order valence-corrected chi connectivity index (χ3v) is 5.07. The Labute approximate surface area is 116 Å². The number of carbonyl (C=O) groups is 1. The van der Waals surface area contributed by atoms with Crippen molar-refractivity contribution in [2.75, 3.05) is 0 Å². The van der Waals surface area contributed by atoms with E-state index in [9.17, 15) is 4.79 Å². The van der Waals surface area contributed by atoms with Crippen LogP contribution in [0.25, 0.3) is 0 Å². The summed E-state index contributed by atoms with van der Waals surface area (Å²) in [6, 6.07) is 3.76. The lowest BCUT2D eigenvalue weighted by atomic mass is 9.68. The van der Waals surface area contributed by atoms with Crippen LogP contribution in [0.5, 0.6) is 0 Å². The van der Waals surface area contributed by atoms with E-state index in [0.717, 1.165) is 6.42 Å². The second-order valence-electron chi connectivity index (χ2n) is 5.96. The van der Waals surface area contributed by atoms with Crippen molar-refractivity contribution in [2.24, 2.45) is 11.1 Å². The highest BCUT2D eigenvalue weighted by molar-refractivity contribution is 5.90. The minimum Gasteiger partial charge on any atom is -0.369 e. The number of hydrogen-bond acceptors (Lipinski definition) is 5. The summed E-state index contributed by atoms with van der Waals surface area (Å²) in [6.45, 7) is 3.97. The summed E-state index contributed by atoms with van der Waals surface area (Å²) in [5.41, 5.74) is 5.56. The fourth-order valence-electron chi connectivity index (χ4n) is 3.96. The molecule has 2 N–H and O–H groups in total. The van der Waals surface area contributed by atoms with E-state index in [4.69, 9.17) is 16.3 Å². The van der Waals surface area contributed by atoms with Gasteiger partial charge in [-0.15, -0.1) is 0 Å². The van der Waals surface area contributed by atoms with E-state index in [-0.39, 0.29) is 22.7 Å². The average Bonchev–Trinajstić information content (AvgIpc) is 2.80. The summed E-state index contributed by atoms with van der Waals surface area (Å²) in [4.78, 5) is 20.7. The van der Waals surface area contributed by atoms with Gasteiger partial charge in [0.25, 0.3) is 0 Å². The Hall–Kier alpha value is -2.47. The maximum Gasteiger partial charge on any atom is 0.230 e. The molecule has 20 heavy (non-hydrogen) atoms. The number of amides is 1. The quantitative estimate of drug-likeness (QED) is 0.809. The molecule has 2 atom stereocenters. The predicted octanol–water partition coefficient (Wildman–Crippen LogP) is 0.860. The van der Waals surface area contributed by atoms with Crippen molar-refractivity contribution in [3.8, 4) is 12.1 Å². The first kappa shape index (κ1) is 12.6. The van der Waals surface area contributed by atoms with Crippen LogP contribution in [-0.2, 0) is 10.2 Å². The molecule has 3 rings (SSSR count). The number of carbonyl (C=O) groups excluding carboxylic acids is 1. The third-order valence-electron chi connectivity index (χ3n) is 5.07. The summed E-state index contributed by atoms with van der Waals surface area (Å²) in [6.07, 6.45) is 1.42. The number of aromatic nitrogens is 2. The van der Waals surface area contributed by atoms with E-state index in [1.54, 1.807) is 0 Å². The standard InChI is InChI=1S/C14H13N5O/c1-13(2)7-3-4-14(13,12(17)20)11-10(7)18-8(5-15)9(6-16)19-11/h7H,3-4H2,1-2H3,(H2,17,20). The highest BCUT2D eigenvalue weighted by Gasteiger charge is 2.67. The zero-order valence-electron chi connectivity index (χ0n) is 11.3. The van der Waals surface area contributed by atoms with Gasteiger partial charge >= 0.3 is 0 Å². The molecule has 0 radical (unpaired) electrons. The summed E-state index contributed by atoms with van der Waals surface area (Å²) in [5.74, 6) is -0.371. The molecule has 0 aromatic carbocycles. The molecule has 0 saturated heterocycles. The first-order chi connectivity index (χ1) is 9.40. The van der Waals surface area contributed by atoms with Gasteiger partial charge in [-0.1, -0.05) is 13.8 Å². The van der Waals surface area contributed by atoms with E-state index in [1.165, 1.54) is 0 Å². The normalized spacial score (nSPS) is 28.5. The molecule has 1 saturated carbocycles. The Morgan fingerprint density at radius 1 is 1.30 bits per heavy atom. The van der Waals surface area contributed by atoms with Crippen LogP contribution in [0.15, 0.2) is 0 Å². The van der Waals surface area contributed by atoms with Gasteiger partial charge in [0.05, 0.1) is 16.8 Å². The van der Waals surface area contributed by atoms with Crippen molar-refractivity contribution in [1.82, 2.24) is 9.97 Å². The van der Waals surface area contributed by atoms with Gasteiger partial charge in [0, 0.05) is 5.92 Å². The maximum absolute atomic E-state index is 12.1. The maximum atomic E-state index is 12.1. The number of rotatable bonds is 1. The lowest BCUT2D eigenvalue weighted by molar-refractivity contribution is -0.126. The molecule has 1 amide bonds. The SMILES string of the molecule is CC1(C)C2CCC1(C(N)=O)c1nc(C#N)c(C#N)nc12. The van der Waals surface area contributed by atoms with E-state index in [0.29, 0.717) is 17.8 Å². The van der Waals surface area contributed by atoms with Crippen molar-refractivity contribution in [3.05, 3.63) is 22.8 Å².